The monoisotopic (exact) mass is 571 g/mol. The summed E-state index contributed by atoms with van der Waals surface area (Å²) >= 11 is 0. The molecule has 4 unspecified atom stereocenters. The Bertz CT molecular complexity index is 917. The van der Waals surface area contributed by atoms with Crippen LogP contribution in [0, 0.1) is 5.92 Å². The number of aliphatic imine (C=N–C) groups is 2. The number of carbonyl (C=O) groups excluding carboxylic acids is 4. The fourth-order valence-corrected chi connectivity index (χ4v) is 3.53. The van der Waals surface area contributed by atoms with Gasteiger partial charge in [-0.05, 0) is 44.4 Å². The molecule has 0 spiro atoms. The maximum absolute atomic E-state index is 13.3. The van der Waals surface area contributed by atoms with Crippen molar-refractivity contribution in [3.05, 3.63) is 0 Å². The van der Waals surface area contributed by atoms with Crippen molar-refractivity contribution in [3.8, 4) is 0 Å². The SMILES string of the molecule is CC(C)CC(N)C(=O)NC(CCCN=C(N)N)C(=O)NC(CCCN=C(N)N)C(=O)NC(CCC(N)=O)C(=O)O. The molecule has 17 nitrogen and oxygen atoms in total. The molecule has 0 aliphatic carbocycles. The molecular weight excluding hydrogens is 526 g/mol. The van der Waals surface area contributed by atoms with Crippen LogP contribution in [-0.2, 0) is 24.0 Å². The summed E-state index contributed by atoms with van der Waals surface area (Å²) < 4.78 is 0. The molecule has 16 N–H and O–H groups in total. The molecule has 0 rings (SSSR count). The van der Waals surface area contributed by atoms with E-state index in [1.54, 1.807) is 0 Å². The Morgan fingerprint density at radius 1 is 0.700 bits per heavy atom. The van der Waals surface area contributed by atoms with Crippen molar-refractivity contribution >= 4 is 41.5 Å². The largest absolute Gasteiger partial charge is 0.480 e. The molecule has 0 heterocycles. The molecule has 0 saturated carbocycles. The molecule has 0 aromatic rings. The van der Waals surface area contributed by atoms with E-state index in [9.17, 15) is 29.1 Å². The summed E-state index contributed by atoms with van der Waals surface area (Å²) in [7, 11) is 0. The summed E-state index contributed by atoms with van der Waals surface area (Å²) in [6.07, 6.45) is 0.550. The number of carboxylic acids is 1. The first-order valence-electron chi connectivity index (χ1n) is 12.9. The van der Waals surface area contributed by atoms with E-state index in [0.29, 0.717) is 12.8 Å². The van der Waals surface area contributed by atoms with Gasteiger partial charge in [0, 0.05) is 19.5 Å². The van der Waals surface area contributed by atoms with Crippen molar-refractivity contribution in [1.29, 1.82) is 0 Å². The lowest BCUT2D eigenvalue weighted by molar-refractivity contribution is -0.142. The highest BCUT2D eigenvalue weighted by atomic mass is 16.4. The first-order valence-corrected chi connectivity index (χ1v) is 12.9. The number of aliphatic carboxylic acids is 1. The van der Waals surface area contributed by atoms with Gasteiger partial charge in [-0.1, -0.05) is 13.8 Å². The zero-order chi connectivity index (χ0) is 30.8. The van der Waals surface area contributed by atoms with Crippen LogP contribution in [0.4, 0.5) is 0 Å². The molecule has 0 aliphatic rings. The van der Waals surface area contributed by atoms with Crippen molar-refractivity contribution in [1.82, 2.24) is 16.0 Å². The molecule has 0 aliphatic heterocycles. The van der Waals surface area contributed by atoms with E-state index < -0.39 is 53.8 Å². The minimum Gasteiger partial charge on any atom is -0.480 e. The highest BCUT2D eigenvalue weighted by Crippen LogP contribution is 2.07. The molecular formula is C23H45N11O6. The lowest BCUT2D eigenvalue weighted by Gasteiger charge is -2.25. The first-order chi connectivity index (χ1) is 18.6. The molecule has 4 amide bonds. The van der Waals surface area contributed by atoms with Crippen LogP contribution in [0.1, 0.15) is 58.8 Å². The number of guanidine groups is 2. The Hall–Kier alpha value is -4.15. The third-order valence-corrected chi connectivity index (χ3v) is 5.51. The van der Waals surface area contributed by atoms with Crippen LogP contribution in [0.5, 0.6) is 0 Å². The summed E-state index contributed by atoms with van der Waals surface area (Å²) in [5.41, 5.74) is 32.4. The number of carbonyl (C=O) groups is 5. The quantitative estimate of drug-likeness (QED) is 0.0384. The third-order valence-electron chi connectivity index (χ3n) is 5.51. The van der Waals surface area contributed by atoms with E-state index in [1.807, 2.05) is 13.8 Å². The summed E-state index contributed by atoms with van der Waals surface area (Å²) in [6, 6.07) is -4.62. The molecule has 0 fully saturated rings. The lowest BCUT2D eigenvalue weighted by atomic mass is 10.0. The first kappa shape index (κ1) is 35.9. The number of rotatable bonds is 20. The van der Waals surface area contributed by atoms with Crippen molar-refractivity contribution in [2.75, 3.05) is 13.1 Å². The number of carboxylic acid groups (broad SMARTS) is 1. The second-order valence-electron chi connectivity index (χ2n) is 9.66. The molecule has 0 bridgehead atoms. The van der Waals surface area contributed by atoms with Crippen molar-refractivity contribution < 1.29 is 29.1 Å². The Balaban J connectivity index is 5.79. The Labute approximate surface area is 233 Å². The number of amides is 4. The van der Waals surface area contributed by atoms with Gasteiger partial charge in [0.2, 0.25) is 23.6 Å². The van der Waals surface area contributed by atoms with E-state index in [1.165, 1.54) is 0 Å². The van der Waals surface area contributed by atoms with Gasteiger partial charge in [0.25, 0.3) is 0 Å². The van der Waals surface area contributed by atoms with Crippen molar-refractivity contribution in [2.45, 2.75) is 83.0 Å². The average molecular weight is 572 g/mol. The highest BCUT2D eigenvalue weighted by molar-refractivity contribution is 5.94. The highest BCUT2D eigenvalue weighted by Gasteiger charge is 2.30. The Morgan fingerprint density at radius 3 is 1.50 bits per heavy atom. The summed E-state index contributed by atoms with van der Waals surface area (Å²) in [5.74, 6) is -4.37. The van der Waals surface area contributed by atoms with E-state index >= 15 is 0 Å². The number of nitrogens with two attached hydrogens (primary N) is 6. The molecule has 40 heavy (non-hydrogen) atoms. The zero-order valence-electron chi connectivity index (χ0n) is 23.1. The number of nitrogens with one attached hydrogen (secondary N) is 3. The minimum atomic E-state index is -1.43. The topological polar surface area (TPSA) is 323 Å². The molecule has 0 radical (unpaired) electrons. The van der Waals surface area contributed by atoms with Crippen LogP contribution in [-0.4, -0.2) is 83.9 Å². The predicted octanol–water partition coefficient (Wildman–Crippen LogP) is -3.73. The van der Waals surface area contributed by atoms with Gasteiger partial charge in [0.05, 0.1) is 6.04 Å². The van der Waals surface area contributed by atoms with E-state index in [-0.39, 0.29) is 63.0 Å². The van der Waals surface area contributed by atoms with Gasteiger partial charge in [-0.2, -0.15) is 0 Å². The van der Waals surface area contributed by atoms with Gasteiger partial charge in [-0.15, -0.1) is 0 Å². The molecule has 0 saturated heterocycles. The van der Waals surface area contributed by atoms with Crippen LogP contribution in [0.15, 0.2) is 9.98 Å². The number of hydrogen-bond acceptors (Lipinski definition) is 8. The van der Waals surface area contributed by atoms with Gasteiger partial charge in [-0.25, -0.2) is 4.79 Å². The average Bonchev–Trinajstić information content (AvgIpc) is 2.83. The molecule has 4 atom stereocenters. The molecule has 228 valence electrons. The molecule has 0 aromatic carbocycles. The normalized spacial score (nSPS) is 13.7. The van der Waals surface area contributed by atoms with Crippen LogP contribution in [0.2, 0.25) is 0 Å². The second kappa shape index (κ2) is 19.0. The van der Waals surface area contributed by atoms with Gasteiger partial charge in [0.15, 0.2) is 11.9 Å². The van der Waals surface area contributed by atoms with Gasteiger partial charge >= 0.3 is 5.97 Å². The fraction of sp³-hybridized carbons (Fsp3) is 0.696. The summed E-state index contributed by atoms with van der Waals surface area (Å²) in [6.45, 7) is 4.11. The van der Waals surface area contributed by atoms with Gasteiger partial charge < -0.3 is 55.5 Å². The van der Waals surface area contributed by atoms with Crippen LogP contribution < -0.4 is 50.4 Å². The maximum atomic E-state index is 13.3. The van der Waals surface area contributed by atoms with Crippen molar-refractivity contribution in [2.24, 2.45) is 50.3 Å². The smallest absolute Gasteiger partial charge is 0.326 e. The van der Waals surface area contributed by atoms with E-state index in [0.717, 1.165) is 0 Å². The minimum absolute atomic E-state index is 0.0258. The fourth-order valence-electron chi connectivity index (χ4n) is 3.53. The maximum Gasteiger partial charge on any atom is 0.326 e. The number of hydrogen-bond donors (Lipinski definition) is 10. The number of nitrogens with zero attached hydrogens (tertiary/aromatic N) is 2. The van der Waals surface area contributed by atoms with Crippen molar-refractivity contribution in [3.63, 3.8) is 0 Å². The summed E-state index contributed by atoms with van der Waals surface area (Å²) in [4.78, 5) is 69.4. The molecule has 17 heteroatoms. The second-order valence-corrected chi connectivity index (χ2v) is 9.66. The van der Waals surface area contributed by atoms with E-state index in [4.69, 9.17) is 34.4 Å². The molecule has 0 aromatic heterocycles. The van der Waals surface area contributed by atoms with Gasteiger partial charge in [-0.3, -0.25) is 29.2 Å². The lowest BCUT2D eigenvalue weighted by Crippen LogP contribution is -2.57. The van der Waals surface area contributed by atoms with Crippen LogP contribution >= 0.6 is 0 Å². The predicted molar refractivity (Wildman–Crippen MR) is 149 cm³/mol. The summed E-state index contributed by atoms with van der Waals surface area (Å²) in [5, 5.41) is 16.9. The van der Waals surface area contributed by atoms with Crippen LogP contribution in [0.25, 0.3) is 0 Å². The van der Waals surface area contributed by atoms with E-state index in [2.05, 4.69) is 25.9 Å². The Morgan fingerprint density at radius 2 is 1.12 bits per heavy atom. The zero-order valence-corrected chi connectivity index (χ0v) is 23.1. The standard InChI is InChI=1S/C23H45N11O6/c1-12(2)11-13(24)18(36)32-14(5-3-9-30-22(26)27)19(37)33-15(6-4-10-31-23(28)29)20(38)34-16(21(39)40)7-8-17(25)35/h12-16H,3-11,24H2,1-2H3,(H2,25,35)(H,32,36)(H,33,37)(H,34,38)(H,39,40)(H4,26,27,30)(H4,28,29,31). The Kier molecular flexibility index (Phi) is 17.0. The number of primary amides is 1. The van der Waals surface area contributed by atoms with Gasteiger partial charge in [0.1, 0.15) is 18.1 Å². The third kappa shape index (κ3) is 16.6. The van der Waals surface area contributed by atoms with Crippen LogP contribution in [0.3, 0.4) is 0 Å².